The van der Waals surface area contributed by atoms with Gasteiger partial charge in [0.25, 0.3) is 0 Å². The van der Waals surface area contributed by atoms with E-state index in [1.165, 1.54) is 5.69 Å². The van der Waals surface area contributed by atoms with Crippen molar-refractivity contribution in [2.24, 2.45) is 0 Å². The number of nitrogens with zero attached hydrogens (tertiary/aromatic N) is 3. The van der Waals surface area contributed by atoms with Crippen LogP contribution >= 0.6 is 0 Å². The highest BCUT2D eigenvalue weighted by molar-refractivity contribution is 4.98. The lowest BCUT2D eigenvalue weighted by Crippen LogP contribution is -2.36. The van der Waals surface area contributed by atoms with E-state index in [1.54, 1.807) is 0 Å². The third-order valence-corrected chi connectivity index (χ3v) is 2.35. The summed E-state index contributed by atoms with van der Waals surface area (Å²) in [5, 5.41) is 9.73. The highest BCUT2D eigenvalue weighted by Gasteiger charge is 2.16. The molecule has 92 valence electrons. The van der Waals surface area contributed by atoms with Gasteiger partial charge in [-0.1, -0.05) is 6.92 Å². The van der Waals surface area contributed by atoms with E-state index < -0.39 is 5.60 Å². The molecule has 0 aliphatic rings. The van der Waals surface area contributed by atoms with Crippen molar-refractivity contribution in [1.82, 2.24) is 14.5 Å². The van der Waals surface area contributed by atoms with Crippen molar-refractivity contribution < 1.29 is 5.11 Å². The van der Waals surface area contributed by atoms with Gasteiger partial charge in [-0.2, -0.15) is 0 Å². The van der Waals surface area contributed by atoms with Crippen molar-refractivity contribution in [3.05, 3.63) is 18.2 Å². The Bertz CT molecular complexity index is 314. The molecule has 1 rings (SSSR count). The van der Waals surface area contributed by atoms with Crippen molar-refractivity contribution >= 4 is 0 Å². The molecular formula is C12H23N3O. The van der Waals surface area contributed by atoms with Crippen LogP contribution in [-0.4, -0.2) is 38.8 Å². The molecule has 0 amide bonds. The minimum atomic E-state index is -0.648. The first-order valence-electron chi connectivity index (χ1n) is 5.82. The number of hydrogen-bond donors (Lipinski definition) is 1. The number of hydrogen-bond acceptors (Lipinski definition) is 3. The second kappa shape index (κ2) is 5.46. The molecule has 1 aromatic heterocycles. The van der Waals surface area contributed by atoms with Crippen LogP contribution in [0.5, 0.6) is 0 Å². The van der Waals surface area contributed by atoms with Crippen LogP contribution in [0.15, 0.2) is 12.5 Å². The Morgan fingerprint density at radius 3 is 2.75 bits per heavy atom. The minimum absolute atomic E-state index is 0.648. The number of imidazole rings is 1. The fourth-order valence-corrected chi connectivity index (χ4v) is 1.92. The molecule has 1 heterocycles. The summed E-state index contributed by atoms with van der Waals surface area (Å²) < 4.78 is 2.17. The SMILES string of the molecule is CCCn1cncc1CN(C)CC(C)(C)O. The lowest BCUT2D eigenvalue weighted by molar-refractivity contribution is 0.0418. The van der Waals surface area contributed by atoms with Crippen molar-refractivity contribution in [3.63, 3.8) is 0 Å². The van der Waals surface area contributed by atoms with E-state index in [-0.39, 0.29) is 0 Å². The smallest absolute Gasteiger partial charge is 0.0948 e. The van der Waals surface area contributed by atoms with Crippen LogP contribution in [0.2, 0.25) is 0 Å². The van der Waals surface area contributed by atoms with E-state index in [0.717, 1.165) is 19.5 Å². The highest BCUT2D eigenvalue weighted by Crippen LogP contribution is 2.08. The number of rotatable bonds is 6. The van der Waals surface area contributed by atoms with Gasteiger partial charge in [-0.3, -0.25) is 4.90 Å². The normalized spacial score (nSPS) is 12.4. The molecule has 0 saturated heterocycles. The number of aliphatic hydroxyl groups is 1. The van der Waals surface area contributed by atoms with E-state index in [4.69, 9.17) is 0 Å². The van der Waals surface area contributed by atoms with Gasteiger partial charge in [0.1, 0.15) is 0 Å². The molecule has 0 unspecified atom stereocenters. The molecule has 0 aliphatic heterocycles. The fraction of sp³-hybridized carbons (Fsp3) is 0.750. The minimum Gasteiger partial charge on any atom is -0.389 e. The molecule has 0 spiro atoms. The average Bonchev–Trinajstić information content (AvgIpc) is 2.50. The van der Waals surface area contributed by atoms with E-state index >= 15 is 0 Å². The summed E-state index contributed by atoms with van der Waals surface area (Å²) in [4.78, 5) is 6.28. The summed E-state index contributed by atoms with van der Waals surface area (Å²) in [6.07, 6.45) is 4.88. The van der Waals surface area contributed by atoms with Crippen LogP contribution in [0.4, 0.5) is 0 Å². The molecule has 0 aliphatic carbocycles. The van der Waals surface area contributed by atoms with Gasteiger partial charge in [0.05, 0.1) is 17.6 Å². The Kier molecular flexibility index (Phi) is 4.50. The maximum Gasteiger partial charge on any atom is 0.0948 e. The first-order chi connectivity index (χ1) is 7.42. The predicted molar refractivity (Wildman–Crippen MR) is 65.1 cm³/mol. The lowest BCUT2D eigenvalue weighted by atomic mass is 10.1. The molecule has 0 bridgehead atoms. The van der Waals surface area contributed by atoms with Gasteiger partial charge in [-0.25, -0.2) is 4.98 Å². The summed E-state index contributed by atoms with van der Waals surface area (Å²) in [6, 6.07) is 0. The Labute approximate surface area is 97.9 Å². The van der Waals surface area contributed by atoms with E-state index in [2.05, 4.69) is 21.4 Å². The fourth-order valence-electron chi connectivity index (χ4n) is 1.92. The Hall–Kier alpha value is -0.870. The van der Waals surface area contributed by atoms with Gasteiger partial charge in [-0.05, 0) is 27.3 Å². The van der Waals surface area contributed by atoms with Crippen LogP contribution in [0.3, 0.4) is 0 Å². The summed E-state index contributed by atoms with van der Waals surface area (Å²) in [6.45, 7) is 8.30. The van der Waals surface area contributed by atoms with Gasteiger partial charge >= 0.3 is 0 Å². The molecule has 16 heavy (non-hydrogen) atoms. The number of aryl methyl sites for hydroxylation is 1. The molecule has 0 saturated carbocycles. The second-order valence-corrected chi connectivity index (χ2v) is 5.06. The predicted octanol–water partition coefficient (Wildman–Crippen LogP) is 1.50. The summed E-state index contributed by atoms with van der Waals surface area (Å²) in [5.74, 6) is 0. The monoisotopic (exact) mass is 225 g/mol. The number of aromatic nitrogens is 2. The van der Waals surface area contributed by atoms with Crippen LogP contribution in [0.1, 0.15) is 32.9 Å². The molecule has 0 radical (unpaired) electrons. The van der Waals surface area contributed by atoms with E-state index in [1.807, 2.05) is 33.4 Å². The van der Waals surface area contributed by atoms with Gasteiger partial charge in [0, 0.05) is 25.8 Å². The first-order valence-corrected chi connectivity index (χ1v) is 5.82. The van der Waals surface area contributed by atoms with Gasteiger partial charge in [0.15, 0.2) is 0 Å². The highest BCUT2D eigenvalue weighted by atomic mass is 16.3. The zero-order valence-corrected chi connectivity index (χ0v) is 10.8. The molecular weight excluding hydrogens is 202 g/mol. The topological polar surface area (TPSA) is 41.3 Å². The van der Waals surface area contributed by atoms with E-state index in [0.29, 0.717) is 6.54 Å². The van der Waals surface area contributed by atoms with Crippen LogP contribution < -0.4 is 0 Å². The van der Waals surface area contributed by atoms with Crippen molar-refractivity contribution in [2.75, 3.05) is 13.6 Å². The number of likely N-dealkylation sites (N-methyl/N-ethyl adjacent to an activating group) is 1. The van der Waals surface area contributed by atoms with Gasteiger partial charge in [-0.15, -0.1) is 0 Å². The van der Waals surface area contributed by atoms with Crippen molar-refractivity contribution in [3.8, 4) is 0 Å². The van der Waals surface area contributed by atoms with Gasteiger partial charge in [0.2, 0.25) is 0 Å². The standard InChI is InChI=1S/C12H23N3O/c1-5-6-15-10-13-7-11(15)8-14(4)9-12(2,3)16/h7,10,16H,5-6,8-9H2,1-4H3. The molecule has 1 aromatic rings. The Balaban J connectivity index is 2.55. The Morgan fingerprint density at radius 1 is 1.50 bits per heavy atom. The van der Waals surface area contributed by atoms with Crippen molar-refractivity contribution in [1.29, 1.82) is 0 Å². The molecule has 1 N–H and O–H groups in total. The lowest BCUT2D eigenvalue weighted by Gasteiger charge is -2.25. The Morgan fingerprint density at radius 2 is 2.19 bits per heavy atom. The summed E-state index contributed by atoms with van der Waals surface area (Å²) in [7, 11) is 2.02. The maximum atomic E-state index is 9.73. The zero-order valence-electron chi connectivity index (χ0n) is 10.8. The van der Waals surface area contributed by atoms with E-state index in [9.17, 15) is 5.11 Å². The van der Waals surface area contributed by atoms with Crippen LogP contribution in [0.25, 0.3) is 0 Å². The molecule has 4 nitrogen and oxygen atoms in total. The quantitative estimate of drug-likeness (QED) is 0.797. The third kappa shape index (κ3) is 4.33. The van der Waals surface area contributed by atoms with Crippen molar-refractivity contribution in [2.45, 2.75) is 45.9 Å². The third-order valence-electron chi connectivity index (χ3n) is 2.35. The zero-order chi connectivity index (χ0) is 12.2. The first kappa shape index (κ1) is 13.2. The summed E-state index contributed by atoms with van der Waals surface area (Å²) in [5.41, 5.74) is 0.554. The maximum absolute atomic E-state index is 9.73. The van der Waals surface area contributed by atoms with Crippen LogP contribution in [0, 0.1) is 0 Å². The summed E-state index contributed by atoms with van der Waals surface area (Å²) >= 11 is 0. The average molecular weight is 225 g/mol. The molecule has 0 aromatic carbocycles. The molecule has 4 heteroatoms. The van der Waals surface area contributed by atoms with Crippen LogP contribution in [-0.2, 0) is 13.1 Å². The molecule has 0 atom stereocenters. The largest absolute Gasteiger partial charge is 0.389 e. The molecule has 0 fully saturated rings. The second-order valence-electron chi connectivity index (χ2n) is 5.06. The van der Waals surface area contributed by atoms with Gasteiger partial charge < -0.3 is 9.67 Å².